The first kappa shape index (κ1) is 31.4. The van der Waals surface area contributed by atoms with Crippen LogP contribution in [0.1, 0.15) is 65.1 Å². The average molecular weight is 587 g/mol. The van der Waals surface area contributed by atoms with Gasteiger partial charge in [0.15, 0.2) is 0 Å². The molecule has 0 fully saturated rings. The maximum absolute atomic E-state index is 2.46. The van der Waals surface area contributed by atoms with Gasteiger partial charge < -0.3 is 0 Å². The predicted octanol–water partition coefficient (Wildman–Crippen LogP) is 10.2. The van der Waals surface area contributed by atoms with Crippen LogP contribution in [0.25, 0.3) is 0 Å². The van der Waals surface area contributed by atoms with Crippen LogP contribution < -0.4 is 0 Å². The fraction of sp³-hybridized carbons (Fsp3) is 0.538. The molecule has 2 rings (SSSR count). The molecule has 0 radical (unpaired) electrons. The van der Waals surface area contributed by atoms with Gasteiger partial charge in [-0.2, -0.15) is 0 Å². The molecule has 0 aromatic carbocycles. The van der Waals surface area contributed by atoms with Gasteiger partial charge in [-0.15, -0.1) is 22.7 Å². The van der Waals surface area contributed by atoms with E-state index in [0.717, 1.165) is 35.5 Å². The Morgan fingerprint density at radius 3 is 1.19 bits per heavy atom. The zero-order valence-electron chi connectivity index (χ0n) is 20.5. The minimum Gasteiger partial charge on any atom is -0.149 e. The molecule has 5 heteroatoms. The predicted molar refractivity (Wildman–Crippen MR) is 149 cm³/mol. The van der Waals surface area contributed by atoms with Crippen molar-refractivity contribution in [2.45, 2.75) is 90.9 Å². The van der Waals surface area contributed by atoms with Gasteiger partial charge in [-0.1, -0.05) is 107 Å². The van der Waals surface area contributed by atoms with Crippen LogP contribution in [0.4, 0.5) is 0 Å². The van der Waals surface area contributed by atoms with E-state index in [4.69, 9.17) is 0 Å². The van der Waals surface area contributed by atoms with E-state index in [1.165, 1.54) is 9.75 Å². The largest absolute Gasteiger partial charge is 0.149 e. The van der Waals surface area contributed by atoms with Crippen LogP contribution in [-0.4, -0.2) is 22.6 Å². The Bertz CT molecular complexity index is 624. The molecule has 0 aliphatic heterocycles. The molecule has 0 amide bonds. The Morgan fingerprint density at radius 2 is 0.968 bits per heavy atom. The van der Waals surface area contributed by atoms with Crippen LogP contribution in [0.2, 0.25) is 0 Å². The van der Waals surface area contributed by atoms with Gasteiger partial charge >= 0.3 is 0 Å². The number of rotatable bonds is 10. The van der Waals surface area contributed by atoms with E-state index < -0.39 is 0 Å². The van der Waals surface area contributed by atoms with Crippen molar-refractivity contribution in [2.24, 2.45) is 0 Å². The minimum absolute atomic E-state index is 0. The zero-order chi connectivity index (χ0) is 22.5. The summed E-state index contributed by atoms with van der Waals surface area (Å²) >= 11 is 3.69. The SMILES string of the molecule is CC(C)P(C=CCc1cccs1)C(C)C.CC(C)P(C=CCc1cccs1)C(C)C.[Pd]. The first-order valence-corrected chi connectivity index (χ1v) is 16.0. The van der Waals surface area contributed by atoms with Crippen molar-refractivity contribution >= 4 is 38.5 Å². The molecule has 0 N–H and O–H groups in total. The van der Waals surface area contributed by atoms with Crippen molar-refractivity contribution in [2.75, 3.05) is 0 Å². The second kappa shape index (κ2) is 17.8. The molecule has 0 unspecified atom stereocenters. The van der Waals surface area contributed by atoms with Gasteiger partial charge in [0.05, 0.1) is 0 Å². The Balaban J connectivity index is 0.000000562. The Morgan fingerprint density at radius 1 is 0.645 bits per heavy atom. The summed E-state index contributed by atoms with van der Waals surface area (Å²) in [6, 6.07) is 8.67. The summed E-state index contributed by atoms with van der Waals surface area (Å²) in [7, 11) is 0.127. The van der Waals surface area contributed by atoms with Gasteiger partial charge in [-0.3, -0.25) is 0 Å². The van der Waals surface area contributed by atoms with Crippen molar-refractivity contribution < 1.29 is 20.4 Å². The van der Waals surface area contributed by atoms with E-state index in [-0.39, 0.29) is 36.3 Å². The molecule has 2 aromatic heterocycles. The molecule has 0 spiro atoms. The first-order valence-electron chi connectivity index (χ1n) is 11.1. The molecule has 0 saturated carbocycles. The summed E-state index contributed by atoms with van der Waals surface area (Å²) in [4.78, 5) is 2.93. The Kier molecular flexibility index (Phi) is 18.1. The monoisotopic (exact) mass is 586 g/mol. The Hall–Kier alpha value is 0.402. The Labute approximate surface area is 217 Å². The molecular weight excluding hydrogens is 545 g/mol. The van der Waals surface area contributed by atoms with Crippen LogP contribution in [0.15, 0.2) is 58.8 Å². The van der Waals surface area contributed by atoms with Crippen molar-refractivity contribution in [3.63, 3.8) is 0 Å². The van der Waals surface area contributed by atoms with Crippen LogP contribution in [0.3, 0.4) is 0 Å². The zero-order valence-corrected chi connectivity index (χ0v) is 25.5. The van der Waals surface area contributed by atoms with Gasteiger partial charge in [-0.05, 0) is 45.5 Å². The third-order valence-electron chi connectivity index (χ3n) is 4.74. The van der Waals surface area contributed by atoms with E-state index in [9.17, 15) is 0 Å². The van der Waals surface area contributed by atoms with E-state index in [1.807, 2.05) is 22.7 Å². The first-order chi connectivity index (χ1) is 14.2. The summed E-state index contributed by atoms with van der Waals surface area (Å²) < 4.78 is 0. The van der Waals surface area contributed by atoms with Crippen molar-refractivity contribution in [1.82, 2.24) is 0 Å². The maximum atomic E-state index is 2.46. The molecule has 0 aliphatic carbocycles. The topological polar surface area (TPSA) is 0 Å². The molecule has 0 bridgehead atoms. The molecule has 2 aromatic rings. The van der Waals surface area contributed by atoms with Gasteiger partial charge in [0.25, 0.3) is 0 Å². The van der Waals surface area contributed by atoms with Crippen LogP contribution in [0.5, 0.6) is 0 Å². The summed E-state index contributed by atoms with van der Waals surface area (Å²) in [5.74, 6) is 4.93. The number of thiophene rings is 2. The molecule has 0 atom stereocenters. The number of hydrogen-bond acceptors (Lipinski definition) is 2. The third-order valence-corrected chi connectivity index (χ3v) is 12.4. The van der Waals surface area contributed by atoms with E-state index in [0.29, 0.717) is 0 Å². The molecule has 0 aliphatic rings. The van der Waals surface area contributed by atoms with Crippen LogP contribution in [0, 0.1) is 0 Å². The molecule has 178 valence electrons. The van der Waals surface area contributed by atoms with Crippen molar-refractivity contribution in [3.05, 3.63) is 68.6 Å². The third kappa shape index (κ3) is 13.6. The van der Waals surface area contributed by atoms with Gasteiger partial charge in [-0.25, -0.2) is 0 Å². The molecule has 0 saturated heterocycles. The van der Waals surface area contributed by atoms with Crippen molar-refractivity contribution in [1.29, 1.82) is 0 Å². The normalized spacial score (nSPS) is 12.1. The maximum Gasteiger partial charge on any atom is 0.00830 e. The van der Waals surface area contributed by atoms with E-state index in [2.05, 4.69) is 114 Å². The second-order valence-corrected chi connectivity index (χ2v) is 17.2. The molecular formula is C26H42P2PdS2. The van der Waals surface area contributed by atoms with E-state index >= 15 is 0 Å². The fourth-order valence-electron chi connectivity index (χ4n) is 3.32. The summed E-state index contributed by atoms with van der Waals surface area (Å²) in [6.45, 7) is 18.7. The van der Waals surface area contributed by atoms with Gasteiger partial charge in [0.1, 0.15) is 0 Å². The summed E-state index contributed by atoms with van der Waals surface area (Å²) in [5, 5.41) is 4.30. The van der Waals surface area contributed by atoms with Crippen molar-refractivity contribution in [3.8, 4) is 0 Å². The molecule has 31 heavy (non-hydrogen) atoms. The second-order valence-electron chi connectivity index (χ2n) is 8.61. The van der Waals surface area contributed by atoms with Crippen LogP contribution >= 0.6 is 38.5 Å². The van der Waals surface area contributed by atoms with Crippen LogP contribution in [-0.2, 0) is 33.3 Å². The molecule has 2 heterocycles. The van der Waals surface area contributed by atoms with Gasteiger partial charge in [0, 0.05) is 43.0 Å². The molecule has 0 nitrogen and oxygen atoms in total. The number of allylic oxidation sites excluding steroid dienone is 2. The minimum atomic E-state index is 0. The fourth-order valence-corrected chi connectivity index (χ4v) is 9.14. The smallest absolute Gasteiger partial charge is 0.00830 e. The summed E-state index contributed by atoms with van der Waals surface area (Å²) in [6.07, 6.45) is 6.93. The quantitative estimate of drug-likeness (QED) is 0.192. The number of hydrogen-bond donors (Lipinski definition) is 0. The van der Waals surface area contributed by atoms with E-state index in [1.54, 1.807) is 0 Å². The average Bonchev–Trinajstić information content (AvgIpc) is 3.35. The summed E-state index contributed by atoms with van der Waals surface area (Å²) in [5.41, 5.74) is 3.22. The standard InChI is InChI=1S/2C13H21PS.Pd/c2*1-11(2)14(12(3)4)9-5-7-13-8-6-10-15-13;/h2*5-6,8-12H,7H2,1-4H3;. The van der Waals surface area contributed by atoms with Gasteiger partial charge in [0.2, 0.25) is 0 Å².